The van der Waals surface area contributed by atoms with Crippen LogP contribution in [0.3, 0.4) is 0 Å². The quantitative estimate of drug-likeness (QED) is 0.442. The van der Waals surface area contributed by atoms with E-state index >= 15 is 0 Å². The van der Waals surface area contributed by atoms with Crippen molar-refractivity contribution in [1.29, 1.82) is 0 Å². The Morgan fingerprint density at radius 3 is 1.38 bits per heavy atom. The Hall–Kier alpha value is 0.519. The maximum Gasteiger partial charge on any atom is 0 e. The van der Waals surface area contributed by atoms with Gasteiger partial charge in [-0.15, -0.1) is 0 Å². The van der Waals surface area contributed by atoms with Crippen LogP contribution in [-0.2, 0) is 17.1 Å². The van der Waals surface area contributed by atoms with E-state index in [2.05, 4.69) is 13.8 Å². The van der Waals surface area contributed by atoms with Crippen molar-refractivity contribution < 1.29 is 17.1 Å². The van der Waals surface area contributed by atoms with E-state index in [0.29, 0.717) is 0 Å². The van der Waals surface area contributed by atoms with Crippen molar-refractivity contribution in [1.82, 2.24) is 0 Å². The van der Waals surface area contributed by atoms with E-state index < -0.39 is 0 Å². The molecule has 0 unspecified atom stereocenters. The van der Waals surface area contributed by atoms with Gasteiger partial charge >= 0.3 is 0 Å². The van der Waals surface area contributed by atoms with Gasteiger partial charge in [0, 0.05) is 17.1 Å². The molecule has 0 bridgehead atoms. The van der Waals surface area contributed by atoms with Gasteiger partial charge in [0.15, 0.2) is 0 Å². The van der Waals surface area contributed by atoms with Crippen LogP contribution in [0.2, 0.25) is 0 Å². The van der Waals surface area contributed by atoms with Gasteiger partial charge in [-0.3, -0.25) is 0 Å². The number of unbranched alkanes of at least 4 members (excludes halogenated alkanes) is 4. The maximum absolute atomic E-state index is 2.25. The third-order valence-corrected chi connectivity index (χ3v) is 1.21. The largest absolute Gasteiger partial charge is 0.0654 e. The molecule has 0 N–H and O–H groups in total. The van der Waals surface area contributed by atoms with Crippen molar-refractivity contribution in [3.8, 4) is 0 Å². The van der Waals surface area contributed by atoms with Gasteiger partial charge in [0.25, 0.3) is 0 Å². The van der Waals surface area contributed by atoms with E-state index in [0.717, 1.165) is 0 Å². The van der Waals surface area contributed by atoms with Crippen LogP contribution in [-0.4, -0.2) is 0 Å². The molecule has 0 aromatic rings. The molecular formula is C7H16Cu. The van der Waals surface area contributed by atoms with Gasteiger partial charge in [0.2, 0.25) is 0 Å². The molecule has 0 saturated carbocycles. The SMILES string of the molecule is CCCCCCC.[Cu]. The van der Waals surface area contributed by atoms with E-state index in [4.69, 9.17) is 0 Å². The minimum absolute atomic E-state index is 0. The molecule has 0 saturated heterocycles. The molecule has 0 heterocycles. The van der Waals surface area contributed by atoms with Crippen molar-refractivity contribution in [2.24, 2.45) is 0 Å². The second kappa shape index (κ2) is 10.5. The number of hydrogen-bond donors (Lipinski definition) is 0. The molecule has 1 heteroatoms. The van der Waals surface area contributed by atoms with Crippen LogP contribution in [0.5, 0.6) is 0 Å². The summed E-state index contributed by atoms with van der Waals surface area (Å²) in [6, 6.07) is 0. The van der Waals surface area contributed by atoms with E-state index in [1.165, 1.54) is 32.1 Å². The fraction of sp³-hybridized carbons (Fsp3) is 1.00. The van der Waals surface area contributed by atoms with Crippen molar-refractivity contribution >= 4 is 0 Å². The van der Waals surface area contributed by atoms with E-state index in [9.17, 15) is 0 Å². The zero-order chi connectivity index (χ0) is 5.54. The van der Waals surface area contributed by atoms with Crippen LogP contribution in [0.1, 0.15) is 46.0 Å². The van der Waals surface area contributed by atoms with Crippen molar-refractivity contribution in [3.05, 3.63) is 0 Å². The monoisotopic (exact) mass is 163 g/mol. The maximum atomic E-state index is 2.25. The Balaban J connectivity index is 0. The van der Waals surface area contributed by atoms with Gasteiger partial charge in [0.1, 0.15) is 0 Å². The summed E-state index contributed by atoms with van der Waals surface area (Å²) >= 11 is 0. The Kier molecular flexibility index (Phi) is 14.9. The molecule has 1 radical (unpaired) electrons. The second-order valence-electron chi connectivity index (χ2n) is 2.06. The first-order valence-corrected chi connectivity index (χ1v) is 3.41. The minimum atomic E-state index is 0. The molecule has 8 heavy (non-hydrogen) atoms. The van der Waals surface area contributed by atoms with Gasteiger partial charge in [-0.2, -0.15) is 0 Å². The average Bonchev–Trinajstić information content (AvgIpc) is 1.69. The molecule has 0 atom stereocenters. The molecule has 0 nitrogen and oxygen atoms in total. The normalized spacial score (nSPS) is 8.25. The molecule has 0 aliphatic rings. The van der Waals surface area contributed by atoms with E-state index in [1.54, 1.807) is 0 Å². The second-order valence-corrected chi connectivity index (χ2v) is 2.06. The van der Waals surface area contributed by atoms with Gasteiger partial charge in [-0.05, 0) is 0 Å². The van der Waals surface area contributed by atoms with Gasteiger partial charge in [-0.25, -0.2) is 0 Å². The molecule has 0 aliphatic heterocycles. The predicted octanol–water partition coefficient (Wildman–Crippen LogP) is 2.97. The van der Waals surface area contributed by atoms with Crippen molar-refractivity contribution in [2.45, 2.75) is 46.0 Å². The zero-order valence-corrected chi connectivity index (χ0v) is 6.78. The topological polar surface area (TPSA) is 0 Å². The van der Waals surface area contributed by atoms with Crippen LogP contribution in [0.15, 0.2) is 0 Å². The Morgan fingerprint density at radius 1 is 0.750 bits per heavy atom. The standard InChI is InChI=1S/C7H16.Cu/c1-3-5-7-6-4-2;/h3-7H2,1-2H3;. The van der Waals surface area contributed by atoms with Crippen LogP contribution >= 0.6 is 0 Å². The van der Waals surface area contributed by atoms with Gasteiger partial charge in [-0.1, -0.05) is 46.0 Å². The summed E-state index contributed by atoms with van der Waals surface area (Å²) < 4.78 is 0. The third kappa shape index (κ3) is 9.72. The molecule has 0 fully saturated rings. The molecule has 0 rings (SSSR count). The van der Waals surface area contributed by atoms with Crippen LogP contribution in [0.4, 0.5) is 0 Å². The van der Waals surface area contributed by atoms with Gasteiger partial charge < -0.3 is 0 Å². The molecule has 0 aliphatic carbocycles. The Morgan fingerprint density at radius 2 is 1.12 bits per heavy atom. The van der Waals surface area contributed by atoms with E-state index in [-0.39, 0.29) is 17.1 Å². The summed E-state index contributed by atoms with van der Waals surface area (Å²) in [6.07, 6.45) is 7.01. The average molecular weight is 164 g/mol. The first-order valence-electron chi connectivity index (χ1n) is 3.41. The zero-order valence-electron chi connectivity index (χ0n) is 5.84. The van der Waals surface area contributed by atoms with Crippen molar-refractivity contribution in [2.75, 3.05) is 0 Å². The molecule has 0 aromatic carbocycles. The first-order chi connectivity index (χ1) is 3.41. The van der Waals surface area contributed by atoms with Crippen molar-refractivity contribution in [3.63, 3.8) is 0 Å². The fourth-order valence-corrected chi connectivity index (χ4v) is 0.677. The van der Waals surface area contributed by atoms with Crippen LogP contribution in [0, 0.1) is 0 Å². The minimum Gasteiger partial charge on any atom is -0.0654 e. The Bertz CT molecular complexity index is 23.6. The number of hydrogen-bond acceptors (Lipinski definition) is 0. The van der Waals surface area contributed by atoms with Crippen LogP contribution in [0.25, 0.3) is 0 Å². The molecule has 0 spiro atoms. The summed E-state index contributed by atoms with van der Waals surface area (Å²) in [5.41, 5.74) is 0. The summed E-state index contributed by atoms with van der Waals surface area (Å²) in [6.45, 7) is 4.49. The number of rotatable bonds is 4. The van der Waals surface area contributed by atoms with E-state index in [1.807, 2.05) is 0 Å². The molecule has 0 aromatic heterocycles. The first kappa shape index (κ1) is 11.3. The molecular weight excluding hydrogens is 148 g/mol. The molecule has 55 valence electrons. The fourth-order valence-electron chi connectivity index (χ4n) is 0.677. The third-order valence-electron chi connectivity index (χ3n) is 1.21. The smallest absolute Gasteiger partial charge is 0 e. The van der Waals surface area contributed by atoms with Crippen LogP contribution < -0.4 is 0 Å². The summed E-state index contributed by atoms with van der Waals surface area (Å²) in [5.74, 6) is 0. The summed E-state index contributed by atoms with van der Waals surface area (Å²) in [5, 5.41) is 0. The Labute approximate surface area is 63.5 Å². The summed E-state index contributed by atoms with van der Waals surface area (Å²) in [7, 11) is 0. The predicted molar refractivity (Wildman–Crippen MR) is 34.4 cm³/mol. The molecule has 0 amide bonds. The van der Waals surface area contributed by atoms with Gasteiger partial charge in [0.05, 0.1) is 0 Å². The summed E-state index contributed by atoms with van der Waals surface area (Å²) in [4.78, 5) is 0.